The van der Waals surface area contributed by atoms with Crippen molar-refractivity contribution >= 4 is 34.2 Å². The molecule has 0 radical (unpaired) electrons. The van der Waals surface area contributed by atoms with Crippen molar-refractivity contribution in [2.45, 2.75) is 6.29 Å². The summed E-state index contributed by atoms with van der Waals surface area (Å²) in [5, 5.41) is 9.98. The molecule has 0 saturated heterocycles. The maximum atomic E-state index is 9.44. The summed E-state index contributed by atoms with van der Waals surface area (Å²) >= 11 is 8.03. The molecule has 1 aromatic carbocycles. The Bertz CT molecular complexity index is 330. The van der Waals surface area contributed by atoms with Gasteiger partial charge in [0.1, 0.15) is 5.75 Å². The van der Waals surface area contributed by atoms with E-state index in [2.05, 4.69) is 22.6 Å². The summed E-state index contributed by atoms with van der Waals surface area (Å²) in [5.41, 5.74) is 0.623. The van der Waals surface area contributed by atoms with Crippen LogP contribution in [0.25, 0.3) is 0 Å². The maximum absolute atomic E-state index is 9.44. The van der Waals surface area contributed by atoms with E-state index in [1.54, 1.807) is 12.1 Å². The lowest BCUT2D eigenvalue weighted by Crippen LogP contribution is -2.01. The Morgan fingerprint density at radius 3 is 2.57 bits per heavy atom. The van der Waals surface area contributed by atoms with Gasteiger partial charge in [-0.15, -0.1) is 0 Å². The van der Waals surface area contributed by atoms with Crippen LogP contribution in [-0.2, 0) is 4.74 Å². The van der Waals surface area contributed by atoms with Gasteiger partial charge in [0.2, 0.25) is 0 Å². The predicted octanol–water partition coefficient (Wildman–Crippen LogP) is 2.59. The Hall–Kier alpha value is -0.0400. The van der Waals surface area contributed by atoms with Gasteiger partial charge >= 0.3 is 0 Å². The molecule has 78 valence electrons. The molecule has 0 heterocycles. The second kappa shape index (κ2) is 5.16. The Morgan fingerprint density at radius 1 is 1.43 bits per heavy atom. The van der Waals surface area contributed by atoms with Crippen LogP contribution < -0.4 is 4.74 Å². The first-order valence-electron chi connectivity index (χ1n) is 3.84. The summed E-state index contributed by atoms with van der Waals surface area (Å²) in [7, 11) is 2.96. The first-order chi connectivity index (χ1) is 6.60. The third kappa shape index (κ3) is 2.50. The Labute approximate surface area is 101 Å². The molecule has 0 bridgehead atoms. The zero-order valence-electron chi connectivity index (χ0n) is 7.75. The Balaban J connectivity index is 3.16. The molecule has 1 aromatic rings. The lowest BCUT2D eigenvalue weighted by atomic mass is 10.2. The topological polar surface area (TPSA) is 38.7 Å². The van der Waals surface area contributed by atoms with Crippen molar-refractivity contribution in [2.75, 3.05) is 14.2 Å². The van der Waals surface area contributed by atoms with Crippen molar-refractivity contribution in [3.63, 3.8) is 0 Å². The maximum Gasteiger partial charge on any atom is 0.180 e. The summed E-state index contributed by atoms with van der Waals surface area (Å²) in [6, 6.07) is 3.40. The van der Waals surface area contributed by atoms with Crippen LogP contribution >= 0.6 is 34.2 Å². The first-order valence-corrected chi connectivity index (χ1v) is 5.29. The van der Waals surface area contributed by atoms with E-state index in [9.17, 15) is 5.11 Å². The minimum absolute atomic E-state index is 0.532. The third-order valence-corrected chi connectivity index (χ3v) is 3.30. The Kier molecular flexibility index (Phi) is 4.43. The van der Waals surface area contributed by atoms with Crippen LogP contribution in [0.15, 0.2) is 12.1 Å². The van der Waals surface area contributed by atoms with Gasteiger partial charge in [0, 0.05) is 16.2 Å². The fraction of sp³-hybridized carbons (Fsp3) is 0.333. The molecule has 1 N–H and O–H groups in total. The highest BCUT2D eigenvalue weighted by Crippen LogP contribution is 2.32. The summed E-state index contributed by atoms with van der Waals surface area (Å²) in [6.45, 7) is 0. The van der Waals surface area contributed by atoms with E-state index in [1.165, 1.54) is 14.2 Å². The van der Waals surface area contributed by atoms with Crippen LogP contribution in [0.3, 0.4) is 0 Å². The summed E-state index contributed by atoms with van der Waals surface area (Å²) in [5.74, 6) is 0.532. The molecular formula is C9H10ClIO3. The minimum atomic E-state index is -0.949. The van der Waals surface area contributed by atoms with Crippen LogP contribution in [0, 0.1) is 3.57 Å². The van der Waals surface area contributed by atoms with Crippen LogP contribution in [0.5, 0.6) is 5.75 Å². The molecule has 0 fully saturated rings. The lowest BCUT2D eigenvalue weighted by Gasteiger charge is -2.12. The molecule has 5 heteroatoms. The molecule has 0 aromatic heterocycles. The molecule has 0 spiro atoms. The number of methoxy groups -OCH3 is 2. The molecule has 0 aliphatic heterocycles. The monoisotopic (exact) mass is 328 g/mol. The largest absolute Gasteiger partial charge is 0.495 e. The lowest BCUT2D eigenvalue weighted by molar-refractivity contribution is -0.0770. The van der Waals surface area contributed by atoms with Gasteiger partial charge in [0.05, 0.1) is 12.1 Å². The van der Waals surface area contributed by atoms with Gasteiger partial charge in [-0.25, -0.2) is 0 Å². The number of ether oxygens (including phenoxy) is 2. The van der Waals surface area contributed by atoms with Crippen LogP contribution in [-0.4, -0.2) is 19.3 Å². The summed E-state index contributed by atoms with van der Waals surface area (Å²) in [6.07, 6.45) is -0.949. The second-order valence-corrected chi connectivity index (χ2v) is 4.15. The molecule has 0 aliphatic carbocycles. The van der Waals surface area contributed by atoms with Gasteiger partial charge in [-0.1, -0.05) is 11.6 Å². The van der Waals surface area contributed by atoms with Crippen molar-refractivity contribution in [3.05, 3.63) is 26.3 Å². The van der Waals surface area contributed by atoms with Gasteiger partial charge in [-0.2, -0.15) is 0 Å². The molecule has 1 unspecified atom stereocenters. The average Bonchev–Trinajstić information content (AvgIpc) is 2.20. The number of aliphatic hydroxyl groups excluding tert-OH is 1. The quantitative estimate of drug-likeness (QED) is 0.685. The predicted molar refractivity (Wildman–Crippen MR) is 62.7 cm³/mol. The smallest absolute Gasteiger partial charge is 0.180 e. The molecule has 1 atom stereocenters. The van der Waals surface area contributed by atoms with Gasteiger partial charge in [0.15, 0.2) is 6.29 Å². The summed E-state index contributed by atoms with van der Waals surface area (Å²) in [4.78, 5) is 0. The number of hydrogen-bond acceptors (Lipinski definition) is 3. The van der Waals surface area contributed by atoms with Crippen molar-refractivity contribution in [1.82, 2.24) is 0 Å². The molecule has 0 saturated carbocycles. The van der Waals surface area contributed by atoms with E-state index in [-0.39, 0.29) is 0 Å². The van der Waals surface area contributed by atoms with Gasteiger partial charge in [0.25, 0.3) is 0 Å². The number of benzene rings is 1. The molecule has 1 rings (SSSR count). The standard InChI is InChI=1S/C9H10ClIO3/c1-13-7-4-5(9(12)14-2)3-6(11)8(7)10/h3-4,9,12H,1-2H3. The van der Waals surface area contributed by atoms with Crippen molar-refractivity contribution in [3.8, 4) is 5.75 Å². The van der Waals surface area contributed by atoms with E-state index < -0.39 is 6.29 Å². The van der Waals surface area contributed by atoms with E-state index in [4.69, 9.17) is 21.1 Å². The van der Waals surface area contributed by atoms with Crippen molar-refractivity contribution in [2.24, 2.45) is 0 Å². The minimum Gasteiger partial charge on any atom is -0.495 e. The number of hydrogen-bond donors (Lipinski definition) is 1. The van der Waals surface area contributed by atoms with E-state index in [0.717, 1.165) is 3.57 Å². The molecule has 0 aliphatic rings. The van der Waals surface area contributed by atoms with Gasteiger partial charge in [-0.3, -0.25) is 0 Å². The van der Waals surface area contributed by atoms with E-state index in [0.29, 0.717) is 16.3 Å². The fourth-order valence-electron chi connectivity index (χ4n) is 1.01. The summed E-state index contributed by atoms with van der Waals surface area (Å²) < 4.78 is 10.7. The van der Waals surface area contributed by atoms with Crippen molar-refractivity contribution < 1.29 is 14.6 Å². The zero-order valence-corrected chi connectivity index (χ0v) is 10.7. The molecular weight excluding hydrogens is 318 g/mol. The number of rotatable bonds is 3. The highest BCUT2D eigenvalue weighted by molar-refractivity contribution is 14.1. The normalized spacial score (nSPS) is 12.6. The number of halogens is 2. The second-order valence-electron chi connectivity index (χ2n) is 2.61. The van der Waals surface area contributed by atoms with E-state index >= 15 is 0 Å². The molecule has 0 amide bonds. The first kappa shape index (κ1) is 12.0. The number of aliphatic hydroxyl groups is 1. The van der Waals surface area contributed by atoms with Crippen LogP contribution in [0.2, 0.25) is 5.02 Å². The van der Waals surface area contributed by atoms with Gasteiger partial charge < -0.3 is 14.6 Å². The molecule has 14 heavy (non-hydrogen) atoms. The molecule has 3 nitrogen and oxygen atoms in total. The highest BCUT2D eigenvalue weighted by Gasteiger charge is 2.12. The third-order valence-electron chi connectivity index (χ3n) is 1.75. The van der Waals surface area contributed by atoms with E-state index in [1.807, 2.05) is 0 Å². The Morgan fingerprint density at radius 2 is 2.07 bits per heavy atom. The zero-order chi connectivity index (χ0) is 10.7. The highest BCUT2D eigenvalue weighted by atomic mass is 127. The van der Waals surface area contributed by atoms with Crippen LogP contribution in [0.1, 0.15) is 11.9 Å². The van der Waals surface area contributed by atoms with Crippen molar-refractivity contribution in [1.29, 1.82) is 0 Å². The fourth-order valence-corrected chi connectivity index (χ4v) is 1.82. The van der Waals surface area contributed by atoms with Gasteiger partial charge in [-0.05, 0) is 34.7 Å². The SMILES string of the molecule is COc1cc(C(O)OC)cc(I)c1Cl. The van der Waals surface area contributed by atoms with Crippen LogP contribution in [0.4, 0.5) is 0 Å². The average molecular weight is 329 g/mol.